The summed E-state index contributed by atoms with van der Waals surface area (Å²) < 4.78 is 21.9. The zero-order valence-electron chi connectivity index (χ0n) is 12.0. The average Bonchev–Trinajstić information content (AvgIpc) is 3.13. The molecule has 6 nitrogen and oxygen atoms in total. The van der Waals surface area contributed by atoms with Gasteiger partial charge in [0.25, 0.3) is 0 Å². The van der Waals surface area contributed by atoms with Gasteiger partial charge in [0.15, 0.2) is 0 Å². The van der Waals surface area contributed by atoms with E-state index in [1.54, 1.807) is 13.0 Å². The van der Waals surface area contributed by atoms with Crippen LogP contribution in [-0.2, 0) is 15.9 Å². The van der Waals surface area contributed by atoms with Gasteiger partial charge >= 0.3 is 5.97 Å². The maximum Gasteiger partial charge on any atom is 0.340 e. The fourth-order valence-electron chi connectivity index (χ4n) is 2.62. The molecule has 0 aliphatic carbocycles. The van der Waals surface area contributed by atoms with Crippen LogP contribution in [-0.4, -0.2) is 38.5 Å². The highest BCUT2D eigenvalue weighted by Crippen LogP contribution is 2.41. The van der Waals surface area contributed by atoms with Crippen molar-refractivity contribution in [2.45, 2.75) is 25.9 Å². The van der Waals surface area contributed by atoms with Crippen LogP contribution >= 0.6 is 0 Å². The van der Waals surface area contributed by atoms with Crippen molar-refractivity contribution in [1.82, 2.24) is 0 Å². The minimum absolute atomic E-state index is 0.00775. The van der Waals surface area contributed by atoms with Gasteiger partial charge in [0.05, 0.1) is 37.7 Å². The molecule has 1 unspecified atom stereocenters. The highest BCUT2D eigenvalue weighted by Gasteiger charge is 2.28. The Balaban J connectivity index is 1.96. The number of rotatable bonds is 4. The fraction of sp³-hybridized carbons (Fsp3) is 0.533. The molecular weight excluding hydrogens is 274 g/mol. The van der Waals surface area contributed by atoms with Gasteiger partial charge in [-0.1, -0.05) is 0 Å². The van der Waals surface area contributed by atoms with Crippen LogP contribution in [0.5, 0.6) is 11.5 Å². The normalized spacial score (nSPS) is 20.0. The summed E-state index contributed by atoms with van der Waals surface area (Å²) in [7, 11) is 0. The van der Waals surface area contributed by atoms with Gasteiger partial charge in [0.1, 0.15) is 17.6 Å². The third-order valence-corrected chi connectivity index (χ3v) is 3.66. The highest BCUT2D eigenvalue weighted by atomic mass is 16.5. The van der Waals surface area contributed by atoms with E-state index in [4.69, 9.17) is 24.7 Å². The van der Waals surface area contributed by atoms with E-state index in [1.807, 2.05) is 0 Å². The Labute approximate surface area is 123 Å². The molecule has 2 N–H and O–H groups in total. The number of ether oxygens (including phenoxy) is 4. The first-order chi connectivity index (χ1) is 10.2. The van der Waals surface area contributed by atoms with E-state index in [0.29, 0.717) is 49.2 Å². The monoisotopic (exact) mass is 293 g/mol. The van der Waals surface area contributed by atoms with E-state index in [9.17, 15) is 4.79 Å². The molecule has 1 saturated heterocycles. The second-order valence-electron chi connectivity index (χ2n) is 5.07. The van der Waals surface area contributed by atoms with Crippen molar-refractivity contribution >= 4 is 11.7 Å². The van der Waals surface area contributed by atoms with Crippen molar-refractivity contribution in [2.24, 2.45) is 0 Å². The number of carbonyl (C=O) groups is 1. The summed E-state index contributed by atoms with van der Waals surface area (Å²) in [5, 5.41) is 0. The van der Waals surface area contributed by atoms with Gasteiger partial charge in [-0.2, -0.15) is 0 Å². The molecule has 2 aliphatic rings. The molecule has 0 saturated carbocycles. The summed E-state index contributed by atoms with van der Waals surface area (Å²) in [6.45, 7) is 3.86. The number of anilines is 1. The number of carbonyl (C=O) groups excluding carboxylic acids is 1. The lowest BCUT2D eigenvalue weighted by atomic mass is 10.0. The molecule has 21 heavy (non-hydrogen) atoms. The molecule has 0 aromatic heterocycles. The lowest BCUT2D eigenvalue weighted by molar-refractivity contribution is 0.0526. The Morgan fingerprint density at radius 1 is 1.48 bits per heavy atom. The van der Waals surface area contributed by atoms with Crippen molar-refractivity contribution in [1.29, 1.82) is 0 Å². The summed E-state index contributed by atoms with van der Waals surface area (Å²) in [5.74, 6) is 0.741. The first kappa shape index (κ1) is 14.0. The highest BCUT2D eigenvalue weighted by molar-refractivity contribution is 5.98. The zero-order valence-corrected chi connectivity index (χ0v) is 12.0. The molecule has 1 aromatic rings. The lowest BCUT2D eigenvalue weighted by Crippen LogP contribution is -2.17. The fourth-order valence-corrected chi connectivity index (χ4v) is 2.62. The number of benzene rings is 1. The topological polar surface area (TPSA) is 80.0 Å². The van der Waals surface area contributed by atoms with Gasteiger partial charge in [-0.05, 0) is 13.0 Å². The van der Waals surface area contributed by atoms with Gasteiger partial charge < -0.3 is 24.7 Å². The molecule has 2 heterocycles. The molecule has 0 amide bonds. The minimum Gasteiger partial charge on any atom is -0.491 e. The summed E-state index contributed by atoms with van der Waals surface area (Å²) in [4.78, 5) is 12.0. The first-order valence-corrected chi connectivity index (χ1v) is 7.20. The Hall–Kier alpha value is -1.95. The molecule has 114 valence electrons. The second-order valence-corrected chi connectivity index (χ2v) is 5.07. The molecule has 0 radical (unpaired) electrons. The van der Waals surface area contributed by atoms with Crippen molar-refractivity contribution in [3.8, 4) is 11.5 Å². The van der Waals surface area contributed by atoms with Crippen LogP contribution < -0.4 is 15.2 Å². The Bertz CT molecular complexity index is 551. The van der Waals surface area contributed by atoms with Crippen LogP contribution in [0.2, 0.25) is 0 Å². The number of nitrogen functional groups attached to an aromatic ring is 1. The molecule has 1 fully saturated rings. The van der Waals surface area contributed by atoms with Gasteiger partial charge in [-0.25, -0.2) is 4.79 Å². The smallest absolute Gasteiger partial charge is 0.340 e. The number of hydrogen-bond acceptors (Lipinski definition) is 6. The zero-order chi connectivity index (χ0) is 14.8. The average molecular weight is 293 g/mol. The van der Waals surface area contributed by atoms with Crippen LogP contribution in [0.25, 0.3) is 0 Å². The predicted molar refractivity (Wildman–Crippen MR) is 75.9 cm³/mol. The van der Waals surface area contributed by atoms with Crippen LogP contribution in [0.4, 0.5) is 5.69 Å². The van der Waals surface area contributed by atoms with Crippen molar-refractivity contribution in [2.75, 3.05) is 32.2 Å². The van der Waals surface area contributed by atoms with Crippen LogP contribution in [0.1, 0.15) is 29.3 Å². The molecule has 3 rings (SSSR count). The molecule has 0 bridgehead atoms. The molecule has 1 aromatic carbocycles. The molecule has 0 spiro atoms. The molecule has 6 heteroatoms. The Kier molecular flexibility index (Phi) is 3.88. The van der Waals surface area contributed by atoms with E-state index in [-0.39, 0.29) is 6.10 Å². The summed E-state index contributed by atoms with van der Waals surface area (Å²) >= 11 is 0. The predicted octanol–water partition coefficient (Wildman–Crippen LogP) is 1.55. The van der Waals surface area contributed by atoms with Gasteiger partial charge in [0, 0.05) is 18.4 Å². The van der Waals surface area contributed by atoms with Crippen LogP contribution in [0.15, 0.2) is 6.07 Å². The maximum atomic E-state index is 12.0. The molecular formula is C15H19NO5. The third kappa shape index (κ3) is 2.63. The first-order valence-electron chi connectivity index (χ1n) is 7.20. The summed E-state index contributed by atoms with van der Waals surface area (Å²) in [5.41, 5.74) is 7.59. The summed E-state index contributed by atoms with van der Waals surface area (Å²) in [6.07, 6.45) is 1.58. The lowest BCUT2D eigenvalue weighted by Gasteiger charge is -2.17. The van der Waals surface area contributed by atoms with E-state index >= 15 is 0 Å². The van der Waals surface area contributed by atoms with Gasteiger partial charge in [-0.15, -0.1) is 0 Å². The van der Waals surface area contributed by atoms with E-state index < -0.39 is 5.97 Å². The molecule has 2 aliphatic heterocycles. The van der Waals surface area contributed by atoms with Crippen LogP contribution in [0.3, 0.4) is 0 Å². The Morgan fingerprint density at radius 3 is 3.05 bits per heavy atom. The van der Waals surface area contributed by atoms with E-state index in [1.165, 1.54) is 0 Å². The van der Waals surface area contributed by atoms with E-state index in [2.05, 4.69) is 0 Å². The van der Waals surface area contributed by atoms with Gasteiger partial charge in [-0.3, -0.25) is 0 Å². The molecule has 1 atom stereocenters. The van der Waals surface area contributed by atoms with Crippen LogP contribution in [0, 0.1) is 0 Å². The summed E-state index contributed by atoms with van der Waals surface area (Å²) in [6, 6.07) is 1.67. The van der Waals surface area contributed by atoms with Crippen molar-refractivity contribution in [3.05, 3.63) is 17.2 Å². The van der Waals surface area contributed by atoms with Crippen molar-refractivity contribution < 1.29 is 23.7 Å². The number of hydrogen-bond donors (Lipinski definition) is 1. The number of fused-ring (bicyclic) bond motifs is 1. The van der Waals surface area contributed by atoms with Gasteiger partial charge in [0.2, 0.25) is 0 Å². The SMILES string of the molecule is CCOC(=O)c1cc(OC2CCOC2)c2c(c1N)OCC2. The second kappa shape index (κ2) is 5.81. The minimum atomic E-state index is -0.458. The maximum absolute atomic E-state index is 12.0. The third-order valence-electron chi connectivity index (χ3n) is 3.66. The van der Waals surface area contributed by atoms with E-state index in [0.717, 1.165) is 18.4 Å². The number of esters is 1. The largest absolute Gasteiger partial charge is 0.491 e. The standard InChI is InChI=1S/C15H19NO5/c1-2-19-15(17)11-7-12(21-9-3-5-18-8-9)10-4-6-20-14(10)13(11)16/h7,9H,2-6,8,16H2,1H3. The Morgan fingerprint density at radius 2 is 2.33 bits per heavy atom. The quantitative estimate of drug-likeness (QED) is 0.670. The van der Waals surface area contributed by atoms with Crippen molar-refractivity contribution in [3.63, 3.8) is 0 Å². The number of nitrogens with two attached hydrogens (primary N) is 1.